The first-order valence-electron chi connectivity index (χ1n) is 10.3. The first-order chi connectivity index (χ1) is 14.9. The van der Waals surface area contributed by atoms with Gasteiger partial charge in [0, 0.05) is 44.0 Å². The van der Waals surface area contributed by atoms with Crippen LogP contribution in [-0.4, -0.2) is 48.4 Å². The van der Waals surface area contributed by atoms with E-state index < -0.39 is 0 Å². The van der Waals surface area contributed by atoms with E-state index >= 15 is 0 Å². The minimum Gasteiger partial charge on any atom is -0.508 e. The number of hydrogen-bond donors (Lipinski definition) is 3. The molecule has 1 amide bonds. The van der Waals surface area contributed by atoms with Gasteiger partial charge in [-0.25, -0.2) is 5.01 Å². The molecule has 7 nitrogen and oxygen atoms in total. The zero-order chi connectivity index (χ0) is 23.2. The molecule has 176 valence electrons. The van der Waals surface area contributed by atoms with Crippen molar-refractivity contribution in [2.45, 2.75) is 34.7 Å². The Hall–Kier alpha value is -3.32. The fourth-order valence-corrected chi connectivity index (χ4v) is 2.99. The van der Waals surface area contributed by atoms with Crippen LogP contribution in [0, 0.1) is 0 Å². The molecule has 0 heterocycles. The van der Waals surface area contributed by atoms with Gasteiger partial charge in [0.1, 0.15) is 12.3 Å². The van der Waals surface area contributed by atoms with Crippen LogP contribution in [0.2, 0.25) is 0 Å². The standard InChI is InChI=1S/C22H31N5O2.C2H4.CH4/c1-5-27(6-2)20-13-12-19(21(28)14-20)16-26(4)25-22(29)15-23-24-17(3)18-10-8-7-9-11-18;1-2;/h7-14,23,28H,5-6,15-16H2,1-4H3,(H,25,29);1-2H2;1H4/b24-17+;;. The Kier molecular flexibility index (Phi) is 13.9. The molecule has 0 fully saturated rings. The second kappa shape index (κ2) is 15.5. The maximum Gasteiger partial charge on any atom is 0.255 e. The fourth-order valence-electron chi connectivity index (χ4n) is 2.99. The van der Waals surface area contributed by atoms with Crippen LogP contribution in [0.25, 0.3) is 0 Å². The van der Waals surface area contributed by atoms with Gasteiger partial charge >= 0.3 is 0 Å². The lowest BCUT2D eigenvalue weighted by Crippen LogP contribution is -2.42. The van der Waals surface area contributed by atoms with Crippen LogP contribution in [0.15, 0.2) is 66.8 Å². The highest BCUT2D eigenvalue weighted by Gasteiger charge is 2.10. The molecule has 0 atom stereocenters. The number of carbonyl (C=O) groups excluding carboxylic acids is 1. The first kappa shape index (κ1) is 28.7. The van der Waals surface area contributed by atoms with E-state index in [2.05, 4.69) is 47.9 Å². The molecule has 7 heteroatoms. The molecule has 0 aliphatic rings. The molecule has 0 bridgehead atoms. The number of benzene rings is 2. The summed E-state index contributed by atoms with van der Waals surface area (Å²) in [6.45, 7) is 14.3. The van der Waals surface area contributed by atoms with Gasteiger partial charge in [0.15, 0.2) is 0 Å². The van der Waals surface area contributed by atoms with Gasteiger partial charge in [-0.15, -0.1) is 13.2 Å². The maximum atomic E-state index is 12.1. The predicted molar refractivity (Wildman–Crippen MR) is 136 cm³/mol. The van der Waals surface area contributed by atoms with E-state index in [0.29, 0.717) is 6.54 Å². The average Bonchev–Trinajstić information content (AvgIpc) is 2.78. The minimum absolute atomic E-state index is 0. The lowest BCUT2D eigenvalue weighted by atomic mass is 10.1. The number of hydrazine groups is 1. The first-order valence-corrected chi connectivity index (χ1v) is 10.3. The molecule has 0 saturated heterocycles. The van der Waals surface area contributed by atoms with Crippen LogP contribution in [-0.2, 0) is 11.3 Å². The Morgan fingerprint density at radius 2 is 1.72 bits per heavy atom. The molecule has 0 aliphatic carbocycles. The summed E-state index contributed by atoms with van der Waals surface area (Å²) < 4.78 is 0. The molecule has 0 spiro atoms. The van der Waals surface area contributed by atoms with E-state index in [0.717, 1.165) is 35.6 Å². The summed E-state index contributed by atoms with van der Waals surface area (Å²) >= 11 is 0. The van der Waals surface area contributed by atoms with E-state index in [1.54, 1.807) is 18.1 Å². The number of rotatable bonds is 10. The molecule has 0 unspecified atom stereocenters. The van der Waals surface area contributed by atoms with E-state index in [1.165, 1.54) is 0 Å². The minimum atomic E-state index is -0.212. The summed E-state index contributed by atoms with van der Waals surface area (Å²) in [5, 5.41) is 16.2. The zero-order valence-electron chi connectivity index (χ0n) is 19.1. The van der Waals surface area contributed by atoms with Gasteiger partial charge in [0.05, 0.1) is 5.71 Å². The lowest BCUT2D eigenvalue weighted by Gasteiger charge is -2.23. The van der Waals surface area contributed by atoms with Crippen molar-refractivity contribution in [2.75, 3.05) is 31.6 Å². The molecule has 2 rings (SSSR count). The second-order valence-corrected chi connectivity index (χ2v) is 6.77. The molecule has 0 saturated carbocycles. The predicted octanol–water partition coefficient (Wildman–Crippen LogP) is 4.15. The van der Waals surface area contributed by atoms with Gasteiger partial charge in [-0.2, -0.15) is 5.10 Å². The third kappa shape index (κ3) is 9.22. The summed E-state index contributed by atoms with van der Waals surface area (Å²) in [5.74, 6) is 0.00747. The van der Waals surface area contributed by atoms with Crippen LogP contribution in [0.3, 0.4) is 0 Å². The smallest absolute Gasteiger partial charge is 0.255 e. The monoisotopic (exact) mass is 441 g/mol. The van der Waals surface area contributed by atoms with Gasteiger partial charge in [0.25, 0.3) is 5.91 Å². The molecular formula is C25H39N5O2. The highest BCUT2D eigenvalue weighted by molar-refractivity contribution is 5.98. The number of nitrogens with zero attached hydrogens (tertiary/aromatic N) is 3. The molecule has 0 aromatic heterocycles. The van der Waals surface area contributed by atoms with Crippen molar-refractivity contribution >= 4 is 17.3 Å². The number of anilines is 1. The summed E-state index contributed by atoms with van der Waals surface area (Å²) in [6.07, 6.45) is 0. The van der Waals surface area contributed by atoms with Crippen molar-refractivity contribution < 1.29 is 9.90 Å². The quantitative estimate of drug-likeness (QED) is 0.293. The lowest BCUT2D eigenvalue weighted by molar-refractivity contribution is -0.124. The number of amides is 1. The number of nitrogens with one attached hydrogen (secondary N) is 2. The van der Waals surface area contributed by atoms with Crippen LogP contribution < -0.4 is 15.8 Å². The van der Waals surface area contributed by atoms with Gasteiger partial charge < -0.3 is 15.4 Å². The summed E-state index contributed by atoms with van der Waals surface area (Å²) in [4.78, 5) is 14.3. The number of aromatic hydroxyl groups is 1. The molecule has 32 heavy (non-hydrogen) atoms. The molecule has 2 aromatic carbocycles. The van der Waals surface area contributed by atoms with E-state index in [1.807, 2.05) is 49.4 Å². The molecule has 3 N–H and O–H groups in total. The van der Waals surface area contributed by atoms with Crippen LogP contribution in [0.4, 0.5) is 5.69 Å². The molecule has 0 aliphatic heterocycles. The Bertz CT molecular complexity index is 835. The summed E-state index contributed by atoms with van der Waals surface area (Å²) in [5.41, 5.74) is 9.10. The molecular weight excluding hydrogens is 402 g/mol. The Morgan fingerprint density at radius 1 is 1.09 bits per heavy atom. The average molecular weight is 442 g/mol. The second-order valence-electron chi connectivity index (χ2n) is 6.77. The van der Waals surface area contributed by atoms with Crippen molar-refractivity contribution in [1.82, 2.24) is 15.9 Å². The third-order valence-electron chi connectivity index (χ3n) is 4.60. The number of phenols is 1. The number of hydrazone groups is 1. The summed E-state index contributed by atoms with van der Waals surface area (Å²) in [7, 11) is 1.76. The SMILES string of the molecule is C.C=C.CCN(CC)c1ccc(CN(C)NC(=O)CN/N=C(\C)c2ccccc2)c(O)c1. The van der Waals surface area contributed by atoms with Crippen molar-refractivity contribution in [3.8, 4) is 5.75 Å². The Balaban J connectivity index is 0.00000311. The summed E-state index contributed by atoms with van der Waals surface area (Å²) in [6, 6.07) is 15.4. The van der Waals surface area contributed by atoms with E-state index in [9.17, 15) is 9.90 Å². The highest BCUT2D eigenvalue weighted by Crippen LogP contribution is 2.25. The van der Waals surface area contributed by atoms with Crippen molar-refractivity contribution in [2.24, 2.45) is 5.10 Å². The van der Waals surface area contributed by atoms with E-state index in [-0.39, 0.29) is 25.6 Å². The maximum absolute atomic E-state index is 12.1. The van der Waals surface area contributed by atoms with Crippen molar-refractivity contribution in [3.63, 3.8) is 0 Å². The Morgan fingerprint density at radius 3 is 2.28 bits per heavy atom. The number of phenolic OH excluding ortho intramolecular Hbond substituents is 1. The van der Waals surface area contributed by atoms with Gasteiger partial charge in [-0.3, -0.25) is 10.2 Å². The van der Waals surface area contributed by atoms with Crippen molar-refractivity contribution in [3.05, 3.63) is 72.8 Å². The Labute approximate surface area is 193 Å². The highest BCUT2D eigenvalue weighted by atomic mass is 16.3. The van der Waals surface area contributed by atoms with Crippen molar-refractivity contribution in [1.29, 1.82) is 0 Å². The van der Waals surface area contributed by atoms with Gasteiger partial charge in [0.2, 0.25) is 0 Å². The topological polar surface area (TPSA) is 80.2 Å². The van der Waals surface area contributed by atoms with Gasteiger partial charge in [-0.05, 0) is 32.4 Å². The fraction of sp³-hybridized carbons (Fsp3) is 0.360. The van der Waals surface area contributed by atoms with Crippen LogP contribution in [0.1, 0.15) is 39.3 Å². The largest absolute Gasteiger partial charge is 0.508 e. The molecule has 2 aromatic rings. The van der Waals surface area contributed by atoms with Crippen LogP contribution >= 0.6 is 0 Å². The number of hydrogen-bond acceptors (Lipinski definition) is 6. The van der Waals surface area contributed by atoms with E-state index in [4.69, 9.17) is 0 Å². The molecule has 0 radical (unpaired) electrons. The zero-order valence-corrected chi connectivity index (χ0v) is 19.1. The van der Waals surface area contributed by atoms with Crippen LogP contribution in [0.5, 0.6) is 5.75 Å². The number of carbonyl (C=O) groups is 1. The van der Waals surface area contributed by atoms with Gasteiger partial charge in [-0.1, -0.05) is 43.8 Å². The normalized spacial score (nSPS) is 10.5. The third-order valence-corrected chi connectivity index (χ3v) is 4.60.